The molecule has 0 bridgehead atoms. The van der Waals surface area contributed by atoms with Crippen LogP contribution < -0.4 is 0 Å². The van der Waals surface area contributed by atoms with Gasteiger partial charge in [-0.25, -0.2) is 8.98 Å². The van der Waals surface area contributed by atoms with Crippen LogP contribution in [-0.2, 0) is 28.9 Å². The van der Waals surface area contributed by atoms with Crippen molar-refractivity contribution in [2.24, 2.45) is 0 Å². The molecule has 1 fully saturated rings. The molecule has 1 rings (SSSR count). The van der Waals surface area contributed by atoms with Crippen LogP contribution in [0.15, 0.2) is 0 Å². The summed E-state index contributed by atoms with van der Waals surface area (Å²) in [6.45, 7) is -0.977. The van der Waals surface area contributed by atoms with Gasteiger partial charge < -0.3 is 14.9 Å². The number of carbonyl (C=O) groups excluding carboxylic acids is 2. The van der Waals surface area contributed by atoms with Gasteiger partial charge in [0.15, 0.2) is 6.10 Å². The van der Waals surface area contributed by atoms with Crippen molar-refractivity contribution in [3.63, 3.8) is 0 Å². The topological polar surface area (TPSA) is 147 Å². The first-order chi connectivity index (χ1) is 7.22. The van der Waals surface area contributed by atoms with E-state index in [1.54, 1.807) is 0 Å². The maximum atomic E-state index is 11.1. The molecule has 16 heavy (non-hydrogen) atoms. The fourth-order valence-corrected chi connectivity index (χ4v) is 1.34. The predicted octanol–water partition coefficient (Wildman–Crippen LogP) is -2.98. The lowest BCUT2D eigenvalue weighted by atomic mass is 10.1. The van der Waals surface area contributed by atoms with Crippen molar-refractivity contribution in [1.29, 1.82) is 0 Å². The number of Topliss-reactive ketones (excluding diaryl/α,β-unsaturated/α-hetero) is 1. The van der Waals surface area contributed by atoms with Crippen LogP contribution in [0.1, 0.15) is 0 Å². The predicted molar refractivity (Wildman–Crippen MR) is 44.4 cm³/mol. The number of rotatable bonds is 4. The molecule has 92 valence electrons. The van der Waals surface area contributed by atoms with Gasteiger partial charge >= 0.3 is 16.4 Å². The third kappa shape index (κ3) is 2.96. The molecule has 0 aromatic rings. The number of aliphatic hydroxyl groups is 2. The van der Waals surface area contributed by atoms with E-state index < -0.39 is 47.1 Å². The Morgan fingerprint density at radius 2 is 2.00 bits per heavy atom. The molecule has 0 aromatic heterocycles. The second-order valence-electron chi connectivity index (χ2n) is 2.94. The molecule has 1 aliphatic rings. The zero-order valence-corrected chi connectivity index (χ0v) is 8.46. The molecular weight excluding hydrogens is 248 g/mol. The van der Waals surface area contributed by atoms with Crippen LogP contribution in [0, 0.1) is 0 Å². The minimum Gasteiger partial charge on any atom is -0.449 e. The van der Waals surface area contributed by atoms with Crippen molar-refractivity contribution < 1.29 is 41.7 Å². The van der Waals surface area contributed by atoms with E-state index in [0.29, 0.717) is 0 Å². The van der Waals surface area contributed by atoms with Crippen LogP contribution in [0.4, 0.5) is 0 Å². The summed E-state index contributed by atoms with van der Waals surface area (Å²) in [6, 6.07) is 0. The average Bonchev–Trinajstić information content (AvgIpc) is 2.41. The molecule has 3 N–H and O–H groups in total. The third-order valence-electron chi connectivity index (χ3n) is 1.75. The Hall–Kier alpha value is -1.07. The van der Waals surface area contributed by atoms with Gasteiger partial charge in [-0.2, -0.15) is 8.42 Å². The number of aliphatic hydroxyl groups excluding tert-OH is 2. The van der Waals surface area contributed by atoms with E-state index in [0.717, 1.165) is 0 Å². The van der Waals surface area contributed by atoms with Gasteiger partial charge in [0.05, 0.1) is 6.61 Å². The Labute approximate surface area is 89.5 Å². The van der Waals surface area contributed by atoms with Crippen LogP contribution in [0.2, 0.25) is 0 Å². The maximum Gasteiger partial charge on any atom is 0.397 e. The van der Waals surface area contributed by atoms with Crippen molar-refractivity contribution in [2.75, 3.05) is 6.61 Å². The van der Waals surface area contributed by atoms with E-state index in [1.165, 1.54) is 0 Å². The Balaban J connectivity index is 2.59. The van der Waals surface area contributed by atoms with Crippen molar-refractivity contribution in [1.82, 2.24) is 0 Å². The largest absolute Gasteiger partial charge is 0.449 e. The molecule has 9 nitrogen and oxygen atoms in total. The van der Waals surface area contributed by atoms with Gasteiger partial charge in [0, 0.05) is 0 Å². The average molecular weight is 256 g/mol. The van der Waals surface area contributed by atoms with Gasteiger partial charge in [0.25, 0.3) is 0 Å². The van der Waals surface area contributed by atoms with Crippen LogP contribution >= 0.6 is 0 Å². The molecule has 1 unspecified atom stereocenters. The molecule has 0 radical (unpaired) electrons. The summed E-state index contributed by atoms with van der Waals surface area (Å²) in [4.78, 5) is 21.7. The quantitative estimate of drug-likeness (QED) is 0.272. The highest BCUT2D eigenvalue weighted by atomic mass is 32.3. The normalized spacial score (nSPS) is 27.9. The zero-order chi connectivity index (χ0) is 12.5. The van der Waals surface area contributed by atoms with Crippen LogP contribution in [0.5, 0.6) is 0 Å². The zero-order valence-electron chi connectivity index (χ0n) is 7.64. The van der Waals surface area contributed by atoms with Crippen molar-refractivity contribution in [3.8, 4) is 0 Å². The summed E-state index contributed by atoms with van der Waals surface area (Å²) in [7, 11) is -4.77. The minimum atomic E-state index is -4.77. The highest BCUT2D eigenvalue weighted by Gasteiger charge is 2.46. The van der Waals surface area contributed by atoms with Crippen molar-refractivity contribution >= 4 is 22.2 Å². The summed E-state index contributed by atoms with van der Waals surface area (Å²) in [5.74, 6) is -2.34. The van der Waals surface area contributed by atoms with Gasteiger partial charge in [-0.1, -0.05) is 0 Å². The molecule has 0 spiro atoms. The van der Waals surface area contributed by atoms with E-state index >= 15 is 0 Å². The standard InChI is InChI=1S/C6H8O9S/c7-2(1-14-16(11,12)13)5-3(8)4(9)6(10)15-5/h2,4-5,7,9H,1H2,(H,11,12,13)/t2-,4?,5+/m0/s1. The first-order valence-electron chi connectivity index (χ1n) is 3.94. The van der Waals surface area contributed by atoms with Crippen LogP contribution in [0.25, 0.3) is 0 Å². The number of ketones is 1. The highest BCUT2D eigenvalue weighted by molar-refractivity contribution is 7.80. The molecule has 0 saturated carbocycles. The third-order valence-corrected chi connectivity index (χ3v) is 2.19. The van der Waals surface area contributed by atoms with Crippen LogP contribution in [-0.4, -0.2) is 59.9 Å². The number of ether oxygens (including phenoxy) is 1. The van der Waals surface area contributed by atoms with Crippen LogP contribution in [0.3, 0.4) is 0 Å². The van der Waals surface area contributed by atoms with Gasteiger partial charge in [-0.3, -0.25) is 9.35 Å². The Bertz CT molecular complexity index is 398. The monoisotopic (exact) mass is 256 g/mol. The van der Waals surface area contributed by atoms with E-state index in [2.05, 4.69) is 8.92 Å². The SMILES string of the molecule is O=C1O[C@H]([C@@H](O)COS(=O)(=O)O)C(=O)C1O. The Morgan fingerprint density at radius 1 is 1.44 bits per heavy atom. The first kappa shape index (κ1) is 13.0. The van der Waals surface area contributed by atoms with Gasteiger partial charge in [0.2, 0.25) is 11.9 Å². The molecule has 0 aromatic carbocycles. The molecule has 3 atom stereocenters. The molecule has 0 amide bonds. The maximum absolute atomic E-state index is 11.1. The lowest BCUT2D eigenvalue weighted by Crippen LogP contribution is -2.38. The number of carbonyl (C=O) groups is 2. The first-order valence-corrected chi connectivity index (χ1v) is 5.31. The lowest BCUT2D eigenvalue weighted by molar-refractivity contribution is -0.151. The fourth-order valence-electron chi connectivity index (χ4n) is 1.03. The van der Waals surface area contributed by atoms with Crippen molar-refractivity contribution in [3.05, 3.63) is 0 Å². The summed E-state index contributed by atoms with van der Waals surface area (Å²) < 4.78 is 36.5. The second-order valence-corrected chi connectivity index (χ2v) is 4.03. The van der Waals surface area contributed by atoms with E-state index in [-0.39, 0.29) is 0 Å². The molecule has 10 heteroatoms. The van der Waals surface area contributed by atoms with Crippen molar-refractivity contribution in [2.45, 2.75) is 18.3 Å². The summed E-state index contributed by atoms with van der Waals surface area (Å²) in [5.41, 5.74) is 0. The van der Waals surface area contributed by atoms with Gasteiger partial charge in [-0.05, 0) is 0 Å². The van der Waals surface area contributed by atoms with E-state index in [9.17, 15) is 23.1 Å². The molecule has 1 heterocycles. The summed E-state index contributed by atoms with van der Waals surface area (Å²) in [5, 5.41) is 18.1. The minimum absolute atomic E-state index is 0.977. The number of esters is 1. The summed E-state index contributed by atoms with van der Waals surface area (Å²) in [6.07, 6.45) is -5.50. The highest BCUT2D eigenvalue weighted by Crippen LogP contribution is 2.15. The Kier molecular flexibility index (Phi) is 3.60. The summed E-state index contributed by atoms with van der Waals surface area (Å²) >= 11 is 0. The smallest absolute Gasteiger partial charge is 0.397 e. The number of hydrogen-bond acceptors (Lipinski definition) is 8. The lowest BCUT2D eigenvalue weighted by Gasteiger charge is -2.14. The van der Waals surface area contributed by atoms with E-state index in [1.807, 2.05) is 0 Å². The second kappa shape index (κ2) is 4.43. The van der Waals surface area contributed by atoms with Gasteiger partial charge in [-0.15, -0.1) is 0 Å². The Morgan fingerprint density at radius 3 is 2.38 bits per heavy atom. The number of hydrogen-bond donors (Lipinski definition) is 3. The molecule has 0 aliphatic carbocycles. The van der Waals surface area contributed by atoms with E-state index in [4.69, 9.17) is 9.66 Å². The number of cyclic esters (lactones) is 1. The molecule has 1 aliphatic heterocycles. The molecule has 1 saturated heterocycles. The fraction of sp³-hybridized carbons (Fsp3) is 0.667. The molecular formula is C6H8O9S. The van der Waals surface area contributed by atoms with Gasteiger partial charge in [0.1, 0.15) is 6.10 Å².